The van der Waals surface area contributed by atoms with Gasteiger partial charge in [0, 0.05) is 16.6 Å². The molecule has 0 bridgehead atoms. The Balaban J connectivity index is 2.25. The zero-order valence-corrected chi connectivity index (χ0v) is 11.9. The predicted molar refractivity (Wildman–Crippen MR) is 76.5 cm³/mol. The largest absolute Gasteiger partial charge is 0.387 e. The number of halogens is 1. The van der Waals surface area contributed by atoms with Crippen LogP contribution in [0.4, 0.5) is 5.69 Å². The Labute approximate surface area is 122 Å². The number of aromatic nitrogens is 1. The van der Waals surface area contributed by atoms with Crippen LogP contribution in [0.5, 0.6) is 0 Å². The summed E-state index contributed by atoms with van der Waals surface area (Å²) in [7, 11) is 0. The molecule has 1 heterocycles. The van der Waals surface area contributed by atoms with Crippen molar-refractivity contribution in [3.05, 3.63) is 73.1 Å². The Morgan fingerprint density at radius 1 is 1.25 bits per heavy atom. The maximum atomic E-state index is 11.6. The van der Waals surface area contributed by atoms with E-state index in [1.54, 1.807) is 24.3 Å². The highest BCUT2D eigenvalue weighted by Gasteiger charge is 2.12. The van der Waals surface area contributed by atoms with Gasteiger partial charge in [0.1, 0.15) is 0 Å². The van der Waals surface area contributed by atoms with Crippen molar-refractivity contribution in [1.82, 2.24) is 4.57 Å². The van der Waals surface area contributed by atoms with Gasteiger partial charge in [-0.15, -0.1) is 0 Å². The van der Waals surface area contributed by atoms with Gasteiger partial charge in [0.25, 0.3) is 11.2 Å². The minimum Gasteiger partial charge on any atom is -0.387 e. The fraction of sp³-hybridized carbons (Fsp3) is 0.154. The molecule has 0 saturated carbocycles. The third kappa shape index (κ3) is 3.31. The standard InChI is InChI=1S/C13H11BrN2O4/c14-10-3-1-9(2-4-10)12(17)8-15-7-11(16(19)20)5-6-13(15)18/h1-7,12,17H,8H2. The maximum absolute atomic E-state index is 11.6. The fourth-order valence-corrected chi connectivity index (χ4v) is 2.01. The molecule has 20 heavy (non-hydrogen) atoms. The van der Waals surface area contributed by atoms with Gasteiger partial charge in [-0.3, -0.25) is 14.9 Å². The summed E-state index contributed by atoms with van der Waals surface area (Å²) in [5, 5.41) is 20.8. The van der Waals surface area contributed by atoms with E-state index in [4.69, 9.17) is 0 Å². The van der Waals surface area contributed by atoms with Crippen LogP contribution in [0.2, 0.25) is 0 Å². The van der Waals surface area contributed by atoms with E-state index in [0.717, 1.165) is 27.4 Å². The molecule has 2 rings (SSSR count). The van der Waals surface area contributed by atoms with E-state index in [2.05, 4.69) is 15.9 Å². The second-order valence-electron chi connectivity index (χ2n) is 4.20. The molecule has 1 aromatic carbocycles. The molecule has 0 aliphatic heterocycles. The van der Waals surface area contributed by atoms with Gasteiger partial charge < -0.3 is 9.67 Å². The second kappa shape index (κ2) is 5.98. The van der Waals surface area contributed by atoms with Crippen molar-refractivity contribution in [3.63, 3.8) is 0 Å². The van der Waals surface area contributed by atoms with Gasteiger partial charge in [-0.05, 0) is 17.7 Å². The molecule has 2 aromatic rings. The van der Waals surface area contributed by atoms with E-state index in [1.165, 1.54) is 0 Å². The Hall–Kier alpha value is -1.99. The lowest BCUT2D eigenvalue weighted by Crippen LogP contribution is -2.22. The highest BCUT2D eigenvalue weighted by Crippen LogP contribution is 2.18. The zero-order chi connectivity index (χ0) is 14.7. The molecule has 0 amide bonds. The van der Waals surface area contributed by atoms with E-state index in [-0.39, 0.29) is 12.2 Å². The van der Waals surface area contributed by atoms with Gasteiger partial charge in [0.2, 0.25) is 0 Å². The number of nitrogens with zero attached hydrogens (tertiary/aromatic N) is 2. The van der Waals surface area contributed by atoms with Crippen LogP contribution >= 0.6 is 15.9 Å². The third-order valence-electron chi connectivity index (χ3n) is 2.80. The number of hydrogen-bond acceptors (Lipinski definition) is 4. The van der Waals surface area contributed by atoms with Crippen LogP contribution in [0.3, 0.4) is 0 Å². The smallest absolute Gasteiger partial charge is 0.285 e. The number of pyridine rings is 1. The summed E-state index contributed by atoms with van der Waals surface area (Å²) >= 11 is 3.29. The molecule has 0 radical (unpaired) electrons. The SMILES string of the molecule is O=c1ccc([N+](=O)[O-])cn1CC(O)c1ccc(Br)cc1. The van der Waals surface area contributed by atoms with Crippen LogP contribution in [0.1, 0.15) is 11.7 Å². The number of hydrogen-bond donors (Lipinski definition) is 1. The normalized spacial score (nSPS) is 12.1. The molecule has 7 heteroatoms. The van der Waals surface area contributed by atoms with Crippen molar-refractivity contribution in [2.45, 2.75) is 12.6 Å². The lowest BCUT2D eigenvalue weighted by Gasteiger charge is -2.12. The Kier molecular flexibility index (Phi) is 4.31. The van der Waals surface area contributed by atoms with Crippen molar-refractivity contribution in [2.75, 3.05) is 0 Å². The summed E-state index contributed by atoms with van der Waals surface area (Å²) in [6.07, 6.45) is 0.215. The summed E-state index contributed by atoms with van der Waals surface area (Å²) in [5.41, 5.74) is 0.0472. The van der Waals surface area contributed by atoms with Crippen molar-refractivity contribution >= 4 is 21.6 Å². The molecular formula is C13H11BrN2O4. The minimum absolute atomic E-state index is 0.0395. The van der Waals surface area contributed by atoms with Crippen LogP contribution in [0, 0.1) is 10.1 Å². The van der Waals surface area contributed by atoms with Gasteiger partial charge in [-0.1, -0.05) is 28.1 Å². The van der Waals surface area contributed by atoms with Gasteiger partial charge in [-0.25, -0.2) is 0 Å². The molecule has 0 saturated heterocycles. The van der Waals surface area contributed by atoms with Crippen molar-refractivity contribution in [2.24, 2.45) is 0 Å². The molecular weight excluding hydrogens is 328 g/mol. The first-order chi connectivity index (χ1) is 9.47. The van der Waals surface area contributed by atoms with Crippen molar-refractivity contribution in [1.29, 1.82) is 0 Å². The van der Waals surface area contributed by atoms with E-state index in [1.807, 2.05) is 0 Å². The molecule has 104 valence electrons. The number of rotatable bonds is 4. The number of aliphatic hydroxyl groups is 1. The molecule has 1 unspecified atom stereocenters. The quantitative estimate of drug-likeness (QED) is 0.684. The van der Waals surface area contributed by atoms with Crippen molar-refractivity contribution in [3.8, 4) is 0 Å². The molecule has 0 aliphatic rings. The molecule has 1 aromatic heterocycles. The van der Waals surface area contributed by atoms with Crippen LogP contribution < -0.4 is 5.56 Å². The molecule has 0 aliphatic carbocycles. The first kappa shape index (κ1) is 14.4. The van der Waals surface area contributed by atoms with Crippen LogP contribution in [-0.4, -0.2) is 14.6 Å². The van der Waals surface area contributed by atoms with Crippen LogP contribution in [0.15, 0.2) is 51.9 Å². The van der Waals surface area contributed by atoms with Gasteiger partial charge in [0.05, 0.1) is 23.8 Å². The first-order valence-corrected chi connectivity index (χ1v) is 6.55. The average Bonchev–Trinajstić information content (AvgIpc) is 2.41. The monoisotopic (exact) mass is 338 g/mol. The number of benzene rings is 1. The Morgan fingerprint density at radius 2 is 1.90 bits per heavy atom. The summed E-state index contributed by atoms with van der Waals surface area (Å²) in [6.45, 7) is -0.0395. The summed E-state index contributed by atoms with van der Waals surface area (Å²) in [4.78, 5) is 21.7. The topological polar surface area (TPSA) is 85.4 Å². The first-order valence-electron chi connectivity index (χ1n) is 5.76. The van der Waals surface area contributed by atoms with Gasteiger partial charge in [-0.2, -0.15) is 0 Å². The summed E-state index contributed by atoms with van der Waals surface area (Å²) < 4.78 is 2.01. The molecule has 1 atom stereocenters. The molecule has 1 N–H and O–H groups in total. The third-order valence-corrected chi connectivity index (χ3v) is 3.33. The summed E-state index contributed by atoms with van der Waals surface area (Å²) in [5.74, 6) is 0. The maximum Gasteiger partial charge on any atom is 0.285 e. The lowest BCUT2D eigenvalue weighted by atomic mass is 10.1. The predicted octanol–water partition coefficient (Wildman–Crippen LogP) is 2.25. The molecule has 6 nitrogen and oxygen atoms in total. The highest BCUT2D eigenvalue weighted by atomic mass is 79.9. The Bertz CT molecular complexity index is 682. The van der Waals surface area contributed by atoms with E-state index >= 15 is 0 Å². The number of aliphatic hydroxyl groups excluding tert-OH is 1. The minimum atomic E-state index is -0.914. The number of nitro groups is 1. The second-order valence-corrected chi connectivity index (χ2v) is 5.12. The van der Waals surface area contributed by atoms with Gasteiger partial charge in [0.15, 0.2) is 0 Å². The zero-order valence-electron chi connectivity index (χ0n) is 10.3. The highest BCUT2D eigenvalue weighted by molar-refractivity contribution is 9.10. The van der Waals surface area contributed by atoms with E-state index in [0.29, 0.717) is 5.56 Å². The molecule has 0 fully saturated rings. The van der Waals surface area contributed by atoms with Crippen LogP contribution in [-0.2, 0) is 6.54 Å². The van der Waals surface area contributed by atoms with E-state index in [9.17, 15) is 20.0 Å². The average molecular weight is 339 g/mol. The van der Waals surface area contributed by atoms with Crippen molar-refractivity contribution < 1.29 is 10.0 Å². The van der Waals surface area contributed by atoms with Crippen LogP contribution in [0.25, 0.3) is 0 Å². The summed E-state index contributed by atoms with van der Waals surface area (Å²) in [6, 6.07) is 9.25. The van der Waals surface area contributed by atoms with E-state index < -0.39 is 16.6 Å². The lowest BCUT2D eigenvalue weighted by molar-refractivity contribution is -0.385. The van der Waals surface area contributed by atoms with Gasteiger partial charge >= 0.3 is 0 Å². The Morgan fingerprint density at radius 3 is 2.50 bits per heavy atom. The fourth-order valence-electron chi connectivity index (χ4n) is 1.75. The molecule has 0 spiro atoms.